The van der Waals surface area contributed by atoms with Crippen molar-refractivity contribution in [2.75, 3.05) is 0 Å². The van der Waals surface area contributed by atoms with E-state index in [1.807, 2.05) is 24.3 Å². The summed E-state index contributed by atoms with van der Waals surface area (Å²) in [6.07, 6.45) is 4.99. The van der Waals surface area contributed by atoms with E-state index in [4.69, 9.17) is 11.6 Å². The van der Waals surface area contributed by atoms with Crippen molar-refractivity contribution in [1.29, 1.82) is 0 Å². The minimum Gasteiger partial charge on any atom is -0.244 e. The van der Waals surface area contributed by atoms with Gasteiger partial charge in [0, 0.05) is 28.5 Å². The van der Waals surface area contributed by atoms with Gasteiger partial charge in [-0.2, -0.15) is 0 Å². The Morgan fingerprint density at radius 1 is 1.00 bits per heavy atom. The zero-order valence-corrected chi connectivity index (χ0v) is 7.57. The Hall–Kier alpha value is -1.41. The number of aromatic nitrogens is 2. The topological polar surface area (TPSA) is 25.8 Å². The first-order valence-electron chi connectivity index (χ1n) is 3.88. The van der Waals surface area contributed by atoms with Crippen LogP contribution in [0.15, 0.2) is 43.0 Å². The molecule has 2 rings (SSSR count). The van der Waals surface area contributed by atoms with E-state index >= 15 is 0 Å². The Morgan fingerprint density at radius 2 is 1.69 bits per heavy atom. The predicted octanol–water partition coefficient (Wildman–Crippen LogP) is 2.80. The highest BCUT2D eigenvalue weighted by atomic mass is 35.5. The maximum Gasteiger partial charge on any atom is 0.115 e. The van der Waals surface area contributed by atoms with Crippen LogP contribution in [0.2, 0.25) is 5.02 Å². The van der Waals surface area contributed by atoms with Crippen LogP contribution >= 0.6 is 11.6 Å². The van der Waals surface area contributed by atoms with E-state index in [-0.39, 0.29) is 0 Å². The average molecular weight is 191 g/mol. The molecule has 0 unspecified atom stereocenters. The van der Waals surface area contributed by atoms with Crippen LogP contribution in [0.1, 0.15) is 0 Å². The van der Waals surface area contributed by atoms with Gasteiger partial charge in [0.25, 0.3) is 0 Å². The molecule has 0 spiro atoms. The van der Waals surface area contributed by atoms with Gasteiger partial charge in [-0.15, -0.1) is 0 Å². The van der Waals surface area contributed by atoms with Gasteiger partial charge >= 0.3 is 0 Å². The molecule has 0 aliphatic rings. The molecule has 13 heavy (non-hydrogen) atoms. The van der Waals surface area contributed by atoms with Gasteiger partial charge in [0.1, 0.15) is 6.33 Å². The predicted molar refractivity (Wildman–Crippen MR) is 52.5 cm³/mol. The summed E-state index contributed by atoms with van der Waals surface area (Å²) in [5.74, 6) is 0. The molecule has 0 aliphatic heterocycles. The summed E-state index contributed by atoms with van der Waals surface area (Å²) in [4.78, 5) is 7.86. The molecule has 0 atom stereocenters. The molecule has 0 fully saturated rings. The van der Waals surface area contributed by atoms with Crippen LogP contribution in [-0.4, -0.2) is 9.97 Å². The standard InChI is InChI=1S/C10H7ClN2/c11-10-4-2-1-3-9(10)8-5-12-7-13-6-8/h1-7H. The largest absolute Gasteiger partial charge is 0.244 e. The minimum atomic E-state index is 0.720. The number of hydrogen-bond acceptors (Lipinski definition) is 2. The highest BCUT2D eigenvalue weighted by molar-refractivity contribution is 6.33. The van der Waals surface area contributed by atoms with Crippen molar-refractivity contribution in [1.82, 2.24) is 9.97 Å². The molecule has 0 bridgehead atoms. The Labute approximate surface area is 81.2 Å². The van der Waals surface area contributed by atoms with Crippen molar-refractivity contribution in [2.45, 2.75) is 0 Å². The molecule has 0 saturated carbocycles. The molecule has 0 amide bonds. The van der Waals surface area contributed by atoms with Crippen LogP contribution in [-0.2, 0) is 0 Å². The first-order valence-corrected chi connectivity index (χ1v) is 4.25. The van der Waals surface area contributed by atoms with Crippen LogP contribution in [0.4, 0.5) is 0 Å². The molecule has 64 valence electrons. The van der Waals surface area contributed by atoms with E-state index in [0.717, 1.165) is 16.1 Å². The molecule has 0 aliphatic carbocycles. The third kappa shape index (κ3) is 1.68. The molecule has 2 aromatic rings. The lowest BCUT2D eigenvalue weighted by molar-refractivity contribution is 1.17. The summed E-state index contributed by atoms with van der Waals surface area (Å²) >= 11 is 6.00. The minimum absolute atomic E-state index is 0.720. The summed E-state index contributed by atoms with van der Waals surface area (Å²) in [6, 6.07) is 7.63. The van der Waals surface area contributed by atoms with Crippen LogP contribution in [0.5, 0.6) is 0 Å². The fourth-order valence-corrected chi connectivity index (χ4v) is 1.38. The Bertz CT molecular complexity index is 401. The molecule has 1 aromatic carbocycles. The molecular weight excluding hydrogens is 184 g/mol. The van der Waals surface area contributed by atoms with E-state index in [2.05, 4.69) is 9.97 Å². The lowest BCUT2D eigenvalue weighted by Crippen LogP contribution is -1.82. The van der Waals surface area contributed by atoms with Crippen LogP contribution in [0, 0.1) is 0 Å². The first kappa shape index (κ1) is 8.20. The van der Waals surface area contributed by atoms with Crippen molar-refractivity contribution >= 4 is 11.6 Å². The molecule has 2 nitrogen and oxygen atoms in total. The maximum atomic E-state index is 6.00. The highest BCUT2D eigenvalue weighted by Gasteiger charge is 2.01. The zero-order chi connectivity index (χ0) is 9.10. The number of rotatable bonds is 1. The van der Waals surface area contributed by atoms with E-state index in [1.54, 1.807) is 12.4 Å². The number of nitrogens with zero attached hydrogens (tertiary/aromatic N) is 2. The normalized spacial score (nSPS) is 9.92. The second kappa shape index (κ2) is 3.54. The van der Waals surface area contributed by atoms with Gasteiger partial charge in [-0.05, 0) is 6.07 Å². The summed E-state index contributed by atoms with van der Waals surface area (Å²) in [6.45, 7) is 0. The highest BCUT2D eigenvalue weighted by Crippen LogP contribution is 2.25. The molecule has 1 heterocycles. The quantitative estimate of drug-likeness (QED) is 0.691. The summed E-state index contributed by atoms with van der Waals surface area (Å²) < 4.78 is 0. The smallest absolute Gasteiger partial charge is 0.115 e. The second-order valence-corrected chi connectivity index (χ2v) is 3.01. The molecule has 1 aromatic heterocycles. The van der Waals surface area contributed by atoms with Crippen LogP contribution in [0.3, 0.4) is 0 Å². The van der Waals surface area contributed by atoms with Gasteiger partial charge in [0.2, 0.25) is 0 Å². The van der Waals surface area contributed by atoms with Gasteiger partial charge in [-0.25, -0.2) is 9.97 Å². The van der Waals surface area contributed by atoms with Gasteiger partial charge in [-0.1, -0.05) is 29.8 Å². The molecular formula is C10H7ClN2. The molecule has 3 heteroatoms. The maximum absolute atomic E-state index is 6.00. The van der Waals surface area contributed by atoms with Crippen molar-refractivity contribution in [3.8, 4) is 11.1 Å². The second-order valence-electron chi connectivity index (χ2n) is 2.61. The van der Waals surface area contributed by atoms with Crippen LogP contribution in [0.25, 0.3) is 11.1 Å². The van der Waals surface area contributed by atoms with Crippen molar-refractivity contribution in [2.24, 2.45) is 0 Å². The van der Waals surface area contributed by atoms with Crippen molar-refractivity contribution < 1.29 is 0 Å². The van der Waals surface area contributed by atoms with Gasteiger partial charge in [-0.3, -0.25) is 0 Å². The SMILES string of the molecule is Clc1ccccc1-c1cncnc1. The Kier molecular flexibility index (Phi) is 2.23. The van der Waals surface area contributed by atoms with E-state index < -0.39 is 0 Å². The summed E-state index contributed by atoms with van der Waals surface area (Å²) in [5.41, 5.74) is 1.90. The van der Waals surface area contributed by atoms with E-state index in [1.165, 1.54) is 6.33 Å². The van der Waals surface area contributed by atoms with Gasteiger partial charge < -0.3 is 0 Å². The fraction of sp³-hybridized carbons (Fsp3) is 0. The Balaban J connectivity index is 2.54. The van der Waals surface area contributed by atoms with Crippen molar-refractivity contribution in [3.63, 3.8) is 0 Å². The van der Waals surface area contributed by atoms with Crippen molar-refractivity contribution in [3.05, 3.63) is 48.0 Å². The fourth-order valence-electron chi connectivity index (χ4n) is 1.13. The monoisotopic (exact) mass is 190 g/mol. The Morgan fingerprint density at radius 3 is 2.38 bits per heavy atom. The number of halogens is 1. The van der Waals surface area contributed by atoms with Crippen LogP contribution < -0.4 is 0 Å². The van der Waals surface area contributed by atoms with Gasteiger partial charge in [0.05, 0.1) is 0 Å². The lowest BCUT2D eigenvalue weighted by atomic mass is 10.1. The third-order valence-electron chi connectivity index (χ3n) is 1.75. The molecule has 0 radical (unpaired) electrons. The van der Waals surface area contributed by atoms with Gasteiger partial charge in [0.15, 0.2) is 0 Å². The average Bonchev–Trinajstić information content (AvgIpc) is 2.20. The molecule has 0 saturated heterocycles. The summed E-state index contributed by atoms with van der Waals surface area (Å²) in [5, 5.41) is 0.720. The zero-order valence-electron chi connectivity index (χ0n) is 6.81. The lowest BCUT2D eigenvalue weighted by Gasteiger charge is -2.01. The van der Waals surface area contributed by atoms with E-state index in [0.29, 0.717) is 0 Å². The number of benzene rings is 1. The first-order chi connectivity index (χ1) is 6.38. The van der Waals surface area contributed by atoms with E-state index in [9.17, 15) is 0 Å². The molecule has 0 N–H and O–H groups in total. The summed E-state index contributed by atoms with van der Waals surface area (Å²) in [7, 11) is 0. The number of hydrogen-bond donors (Lipinski definition) is 0. The third-order valence-corrected chi connectivity index (χ3v) is 2.08.